The zero-order chi connectivity index (χ0) is 27.8. The number of carbonyl (C=O) groups excluding carboxylic acids is 3. The van der Waals surface area contributed by atoms with E-state index in [1.807, 2.05) is 13.8 Å². The van der Waals surface area contributed by atoms with Gasteiger partial charge in [0.25, 0.3) is 5.91 Å². The molecule has 1 saturated heterocycles. The summed E-state index contributed by atoms with van der Waals surface area (Å²) < 4.78 is 20.5. The zero-order valence-electron chi connectivity index (χ0n) is 23.0. The summed E-state index contributed by atoms with van der Waals surface area (Å²) in [6, 6.07) is 5.19. The standard InChI is InChI=1S/C28H40FN5O4/c1-6-19(2)26(35)31-24(20(3)38-5)27(36)34-15-7-8-23(34)18-33(28(37)25-30-14-17-32(25)4)16-13-21-9-11-22(29)12-10-21/h9-12,14,17,19-20,23-24H,6-8,13,15-16,18H2,1-5H3,(H,31,35)/t19-,20-,23+,24+/m1/s1. The fraction of sp³-hybridized carbons (Fsp3) is 0.571. The van der Waals surface area contributed by atoms with E-state index in [2.05, 4.69) is 10.3 Å². The van der Waals surface area contributed by atoms with Crippen LogP contribution in [0.1, 0.15) is 56.2 Å². The second-order valence-corrected chi connectivity index (χ2v) is 10.1. The van der Waals surface area contributed by atoms with E-state index in [4.69, 9.17) is 4.74 Å². The van der Waals surface area contributed by atoms with Crippen LogP contribution in [-0.2, 0) is 27.8 Å². The van der Waals surface area contributed by atoms with Gasteiger partial charge in [-0.05, 0) is 50.3 Å². The van der Waals surface area contributed by atoms with E-state index < -0.39 is 12.1 Å². The molecule has 2 aromatic rings. The van der Waals surface area contributed by atoms with Crippen molar-refractivity contribution in [2.45, 2.75) is 64.6 Å². The number of ether oxygens (including phenoxy) is 1. The monoisotopic (exact) mass is 529 g/mol. The number of rotatable bonds is 12. The van der Waals surface area contributed by atoms with Crippen LogP contribution in [0.3, 0.4) is 0 Å². The molecule has 0 spiro atoms. The van der Waals surface area contributed by atoms with Gasteiger partial charge in [-0.1, -0.05) is 26.0 Å². The second-order valence-electron chi connectivity index (χ2n) is 10.1. The first kappa shape index (κ1) is 29.3. The lowest BCUT2D eigenvalue weighted by molar-refractivity contribution is -0.141. The molecule has 1 fully saturated rings. The third-order valence-electron chi connectivity index (χ3n) is 7.44. The van der Waals surface area contributed by atoms with Gasteiger partial charge >= 0.3 is 0 Å². The summed E-state index contributed by atoms with van der Waals surface area (Å²) in [5, 5.41) is 2.89. The molecule has 1 aromatic carbocycles. The number of benzene rings is 1. The van der Waals surface area contributed by atoms with Gasteiger partial charge in [0.1, 0.15) is 11.9 Å². The summed E-state index contributed by atoms with van der Waals surface area (Å²) in [5.41, 5.74) is 0.908. The summed E-state index contributed by atoms with van der Waals surface area (Å²) in [5.74, 6) is -0.841. The lowest BCUT2D eigenvalue weighted by Crippen LogP contribution is -2.57. The van der Waals surface area contributed by atoms with Crippen molar-refractivity contribution in [3.05, 3.63) is 53.9 Å². The minimum atomic E-state index is -0.819. The highest BCUT2D eigenvalue weighted by atomic mass is 19.1. The Morgan fingerprint density at radius 3 is 2.55 bits per heavy atom. The van der Waals surface area contributed by atoms with Gasteiger partial charge in [0.15, 0.2) is 5.82 Å². The molecule has 0 bridgehead atoms. The van der Waals surface area contributed by atoms with Crippen LogP contribution in [0, 0.1) is 11.7 Å². The number of aryl methyl sites for hydroxylation is 1. The van der Waals surface area contributed by atoms with Crippen LogP contribution in [0.15, 0.2) is 36.7 Å². The Morgan fingerprint density at radius 2 is 1.95 bits per heavy atom. The van der Waals surface area contributed by atoms with Gasteiger partial charge in [-0.3, -0.25) is 14.4 Å². The van der Waals surface area contributed by atoms with Crippen molar-refractivity contribution in [2.75, 3.05) is 26.7 Å². The van der Waals surface area contributed by atoms with Crippen molar-refractivity contribution >= 4 is 17.7 Å². The molecule has 208 valence electrons. The first-order chi connectivity index (χ1) is 18.2. The fourth-order valence-corrected chi connectivity index (χ4v) is 4.65. The molecule has 1 aromatic heterocycles. The Labute approximate surface area is 224 Å². The fourth-order valence-electron chi connectivity index (χ4n) is 4.65. The average Bonchev–Trinajstić information content (AvgIpc) is 3.57. The van der Waals surface area contributed by atoms with Gasteiger partial charge in [-0.2, -0.15) is 0 Å². The maximum atomic E-state index is 13.7. The average molecular weight is 530 g/mol. The number of methoxy groups -OCH3 is 1. The smallest absolute Gasteiger partial charge is 0.289 e. The van der Waals surface area contributed by atoms with Crippen molar-refractivity contribution < 1.29 is 23.5 Å². The van der Waals surface area contributed by atoms with Crippen molar-refractivity contribution in [3.8, 4) is 0 Å². The minimum absolute atomic E-state index is 0.184. The molecule has 1 N–H and O–H groups in total. The van der Waals surface area contributed by atoms with Crippen LogP contribution >= 0.6 is 0 Å². The number of aromatic nitrogens is 2. The van der Waals surface area contributed by atoms with E-state index >= 15 is 0 Å². The number of nitrogens with one attached hydrogen (secondary N) is 1. The molecule has 4 atom stereocenters. The number of amides is 3. The summed E-state index contributed by atoms with van der Waals surface area (Å²) in [6.07, 6.45) is 5.51. The number of likely N-dealkylation sites (tertiary alicyclic amines) is 1. The van der Waals surface area contributed by atoms with E-state index in [1.54, 1.807) is 52.9 Å². The van der Waals surface area contributed by atoms with Crippen molar-refractivity contribution in [2.24, 2.45) is 13.0 Å². The molecule has 0 saturated carbocycles. The molecule has 2 heterocycles. The predicted octanol–water partition coefficient (Wildman–Crippen LogP) is 2.80. The van der Waals surface area contributed by atoms with Crippen LogP contribution < -0.4 is 5.32 Å². The van der Waals surface area contributed by atoms with Crippen LogP contribution in [0.25, 0.3) is 0 Å². The van der Waals surface area contributed by atoms with Gasteiger partial charge in [-0.15, -0.1) is 0 Å². The maximum Gasteiger partial charge on any atom is 0.289 e. The Morgan fingerprint density at radius 1 is 1.24 bits per heavy atom. The molecular formula is C28H40FN5O4. The number of halogens is 1. The first-order valence-electron chi connectivity index (χ1n) is 13.3. The van der Waals surface area contributed by atoms with Crippen LogP contribution in [-0.4, -0.2) is 82.0 Å². The van der Waals surface area contributed by atoms with E-state index in [-0.39, 0.29) is 35.5 Å². The molecule has 0 radical (unpaired) electrons. The van der Waals surface area contributed by atoms with Crippen molar-refractivity contribution in [1.29, 1.82) is 0 Å². The van der Waals surface area contributed by atoms with Gasteiger partial charge in [0.2, 0.25) is 11.8 Å². The van der Waals surface area contributed by atoms with E-state index in [1.165, 1.54) is 19.2 Å². The summed E-state index contributed by atoms with van der Waals surface area (Å²) in [7, 11) is 3.28. The number of carbonyl (C=O) groups is 3. The zero-order valence-corrected chi connectivity index (χ0v) is 23.0. The van der Waals surface area contributed by atoms with Gasteiger partial charge in [-0.25, -0.2) is 9.37 Å². The third-order valence-corrected chi connectivity index (χ3v) is 7.44. The molecule has 3 rings (SSSR count). The highest BCUT2D eigenvalue weighted by Crippen LogP contribution is 2.22. The summed E-state index contributed by atoms with van der Waals surface area (Å²) in [4.78, 5) is 47.6. The van der Waals surface area contributed by atoms with Crippen LogP contribution in [0.5, 0.6) is 0 Å². The topological polar surface area (TPSA) is 96.8 Å². The molecule has 9 nitrogen and oxygen atoms in total. The number of hydrogen-bond acceptors (Lipinski definition) is 5. The lowest BCUT2D eigenvalue weighted by atomic mass is 10.1. The van der Waals surface area contributed by atoms with E-state index in [0.717, 1.165) is 18.4 Å². The Bertz CT molecular complexity index is 1090. The number of imidazole rings is 1. The van der Waals surface area contributed by atoms with Crippen molar-refractivity contribution in [1.82, 2.24) is 24.7 Å². The van der Waals surface area contributed by atoms with Crippen LogP contribution in [0.4, 0.5) is 4.39 Å². The normalized spacial score (nSPS) is 17.6. The largest absolute Gasteiger partial charge is 0.379 e. The lowest BCUT2D eigenvalue weighted by Gasteiger charge is -2.34. The quantitative estimate of drug-likeness (QED) is 0.456. The third kappa shape index (κ3) is 7.18. The molecule has 10 heteroatoms. The minimum Gasteiger partial charge on any atom is -0.379 e. The van der Waals surface area contributed by atoms with Crippen LogP contribution in [0.2, 0.25) is 0 Å². The predicted molar refractivity (Wildman–Crippen MR) is 142 cm³/mol. The molecule has 38 heavy (non-hydrogen) atoms. The SMILES string of the molecule is CC[C@@H](C)C(=O)N[C@H](C(=O)N1CCC[C@H]1CN(CCc1ccc(F)cc1)C(=O)c1nccn1C)[C@@H](C)OC. The Kier molecular flexibility index (Phi) is 10.4. The molecule has 1 aliphatic heterocycles. The number of nitrogens with zero attached hydrogens (tertiary/aromatic N) is 4. The van der Waals surface area contributed by atoms with Crippen molar-refractivity contribution in [3.63, 3.8) is 0 Å². The highest BCUT2D eigenvalue weighted by Gasteiger charge is 2.38. The first-order valence-corrected chi connectivity index (χ1v) is 13.3. The second kappa shape index (κ2) is 13.5. The van der Waals surface area contributed by atoms with Gasteiger partial charge < -0.3 is 24.4 Å². The summed E-state index contributed by atoms with van der Waals surface area (Å²) in [6.45, 7) is 6.78. The summed E-state index contributed by atoms with van der Waals surface area (Å²) >= 11 is 0. The maximum absolute atomic E-state index is 13.7. The molecule has 0 unspecified atom stereocenters. The Balaban J connectivity index is 1.79. The van der Waals surface area contributed by atoms with Gasteiger partial charge in [0, 0.05) is 58.1 Å². The molecule has 3 amide bonds. The Hall–Kier alpha value is -3.27. The highest BCUT2D eigenvalue weighted by molar-refractivity contribution is 5.91. The molecular weight excluding hydrogens is 489 g/mol. The van der Waals surface area contributed by atoms with E-state index in [9.17, 15) is 18.8 Å². The number of hydrogen-bond donors (Lipinski definition) is 1. The van der Waals surface area contributed by atoms with E-state index in [0.29, 0.717) is 38.3 Å². The molecule has 1 aliphatic rings. The molecule has 0 aliphatic carbocycles. The van der Waals surface area contributed by atoms with Gasteiger partial charge in [0.05, 0.1) is 6.10 Å².